The predicted molar refractivity (Wildman–Crippen MR) is 150 cm³/mol. The largest absolute Gasteiger partial charge is 0.462 e. The van der Waals surface area contributed by atoms with Crippen LogP contribution >= 0.6 is 0 Å². The van der Waals surface area contributed by atoms with Crippen molar-refractivity contribution in [3.05, 3.63) is 95.6 Å². The molecule has 3 amide bonds. The van der Waals surface area contributed by atoms with Gasteiger partial charge in [0.25, 0.3) is 5.91 Å². The maximum atomic E-state index is 13.3. The number of hydrogen-bond acceptors (Lipinski definition) is 7. The van der Waals surface area contributed by atoms with Crippen LogP contribution in [0.3, 0.4) is 0 Å². The third kappa shape index (κ3) is 6.04. The molecule has 5 rings (SSSR count). The van der Waals surface area contributed by atoms with Gasteiger partial charge in [0.05, 0.1) is 35.3 Å². The number of rotatable bonds is 8. The Morgan fingerprint density at radius 1 is 0.780 bits per heavy atom. The number of benzene rings is 3. The summed E-state index contributed by atoms with van der Waals surface area (Å²) in [6, 6.07) is 22.2. The molecule has 1 heterocycles. The molecule has 2 aliphatic rings. The number of anilines is 2. The Morgan fingerprint density at radius 2 is 1.39 bits per heavy atom. The summed E-state index contributed by atoms with van der Waals surface area (Å²) in [6.07, 6.45) is 2.15. The topological polar surface area (TPSA) is 119 Å². The van der Waals surface area contributed by atoms with Crippen LogP contribution in [-0.2, 0) is 23.9 Å². The molecule has 9 heteroatoms. The van der Waals surface area contributed by atoms with E-state index in [9.17, 15) is 24.0 Å². The number of ether oxygens (including phenoxy) is 2. The molecular weight excluding hydrogens is 524 g/mol. The molecule has 1 N–H and O–H groups in total. The summed E-state index contributed by atoms with van der Waals surface area (Å²) in [5.41, 5.74) is 2.56. The molecule has 210 valence electrons. The monoisotopic (exact) mass is 554 g/mol. The number of amides is 3. The Kier molecular flexibility index (Phi) is 8.24. The Labute approximate surface area is 237 Å². The molecule has 41 heavy (non-hydrogen) atoms. The number of hydrogen-bond donors (Lipinski definition) is 1. The van der Waals surface area contributed by atoms with Crippen molar-refractivity contribution in [3.8, 4) is 0 Å². The van der Waals surface area contributed by atoms with E-state index in [0.717, 1.165) is 6.42 Å². The molecular formula is C32H30N2O7. The minimum absolute atomic E-state index is 0.181. The van der Waals surface area contributed by atoms with Gasteiger partial charge in [-0.15, -0.1) is 0 Å². The van der Waals surface area contributed by atoms with Crippen molar-refractivity contribution in [1.82, 2.24) is 0 Å². The average molecular weight is 555 g/mol. The van der Waals surface area contributed by atoms with E-state index in [0.29, 0.717) is 29.8 Å². The summed E-state index contributed by atoms with van der Waals surface area (Å²) in [4.78, 5) is 64.2. The first-order valence-electron chi connectivity index (χ1n) is 13.6. The zero-order valence-electron chi connectivity index (χ0n) is 22.6. The van der Waals surface area contributed by atoms with Gasteiger partial charge in [0.2, 0.25) is 11.8 Å². The van der Waals surface area contributed by atoms with Crippen LogP contribution in [0.15, 0.2) is 78.9 Å². The van der Waals surface area contributed by atoms with Gasteiger partial charge in [0, 0.05) is 5.69 Å². The van der Waals surface area contributed by atoms with E-state index in [-0.39, 0.29) is 41.7 Å². The third-order valence-electron chi connectivity index (χ3n) is 7.57. The van der Waals surface area contributed by atoms with Crippen LogP contribution in [0, 0.1) is 11.8 Å². The number of carbonyl (C=O) groups excluding carboxylic acids is 5. The van der Waals surface area contributed by atoms with Gasteiger partial charge in [0.15, 0.2) is 6.61 Å². The van der Waals surface area contributed by atoms with Gasteiger partial charge >= 0.3 is 11.9 Å². The molecule has 3 aromatic carbocycles. The molecule has 1 aliphatic carbocycles. The van der Waals surface area contributed by atoms with E-state index < -0.39 is 24.5 Å². The molecule has 1 aliphatic heterocycles. The number of esters is 2. The Hall–Kier alpha value is -4.79. The normalized spacial score (nSPS) is 19.8. The lowest BCUT2D eigenvalue weighted by molar-refractivity contribution is -0.122. The maximum absolute atomic E-state index is 13.3. The van der Waals surface area contributed by atoms with Gasteiger partial charge in [-0.25, -0.2) is 9.59 Å². The minimum atomic E-state index is -0.720. The summed E-state index contributed by atoms with van der Waals surface area (Å²) in [7, 11) is 0. The summed E-state index contributed by atoms with van der Waals surface area (Å²) < 4.78 is 10.0. The van der Waals surface area contributed by atoms with E-state index in [1.807, 2.05) is 18.2 Å². The first-order chi connectivity index (χ1) is 19.9. The van der Waals surface area contributed by atoms with Crippen LogP contribution in [0.25, 0.3) is 0 Å². The van der Waals surface area contributed by atoms with Crippen molar-refractivity contribution in [2.24, 2.45) is 11.8 Å². The molecule has 3 atom stereocenters. The number of nitrogens with zero attached hydrogens (tertiary/aromatic N) is 1. The summed E-state index contributed by atoms with van der Waals surface area (Å²) in [6.45, 7) is 1.45. The van der Waals surface area contributed by atoms with Crippen LogP contribution in [0.2, 0.25) is 0 Å². The van der Waals surface area contributed by atoms with Crippen molar-refractivity contribution in [1.29, 1.82) is 0 Å². The van der Waals surface area contributed by atoms with Crippen LogP contribution in [0.4, 0.5) is 11.4 Å². The number of carbonyl (C=O) groups is 5. The molecule has 1 saturated heterocycles. The van der Waals surface area contributed by atoms with Crippen LogP contribution in [-0.4, -0.2) is 42.9 Å². The van der Waals surface area contributed by atoms with E-state index >= 15 is 0 Å². The Morgan fingerprint density at radius 3 is 2.05 bits per heavy atom. The van der Waals surface area contributed by atoms with Gasteiger partial charge in [-0.2, -0.15) is 0 Å². The molecule has 2 fully saturated rings. The van der Waals surface area contributed by atoms with Gasteiger partial charge in [0.1, 0.15) is 0 Å². The fourth-order valence-corrected chi connectivity index (χ4v) is 5.52. The standard InChI is InChI=1S/C32H30N2O7/c1-2-40-31(38)21-8-13-24(14-9-21)33-28(35)19-41-32(39)22-10-15-25(16-11-22)34-29(36)26-17-12-23(18-27(26)30(34)37)20-6-4-3-5-7-20/h3-11,13-16,23,26-27H,2,12,17-19H2,1H3,(H,33,35)/t23-,26+,27-/m0/s1. The lowest BCUT2D eigenvalue weighted by Crippen LogP contribution is -2.30. The molecule has 0 bridgehead atoms. The molecule has 3 aromatic rings. The Balaban J connectivity index is 1.15. The van der Waals surface area contributed by atoms with Crippen LogP contribution in [0.5, 0.6) is 0 Å². The van der Waals surface area contributed by atoms with Gasteiger partial charge in [-0.05, 0) is 86.2 Å². The highest BCUT2D eigenvalue weighted by atomic mass is 16.5. The van der Waals surface area contributed by atoms with Crippen molar-refractivity contribution in [2.45, 2.75) is 32.1 Å². The molecule has 9 nitrogen and oxygen atoms in total. The predicted octanol–water partition coefficient (Wildman–Crippen LogP) is 4.73. The van der Waals surface area contributed by atoms with Gasteiger partial charge < -0.3 is 14.8 Å². The third-order valence-corrected chi connectivity index (χ3v) is 7.57. The number of fused-ring (bicyclic) bond motifs is 1. The fourth-order valence-electron chi connectivity index (χ4n) is 5.52. The lowest BCUT2D eigenvalue weighted by atomic mass is 9.73. The zero-order valence-corrected chi connectivity index (χ0v) is 22.6. The van der Waals surface area contributed by atoms with E-state index in [4.69, 9.17) is 9.47 Å². The maximum Gasteiger partial charge on any atom is 0.338 e. The first-order valence-corrected chi connectivity index (χ1v) is 13.6. The fraction of sp³-hybridized carbons (Fsp3) is 0.281. The molecule has 0 unspecified atom stereocenters. The quantitative estimate of drug-likeness (QED) is 0.316. The van der Waals surface area contributed by atoms with Crippen molar-refractivity contribution < 1.29 is 33.4 Å². The second kappa shape index (κ2) is 12.2. The van der Waals surface area contributed by atoms with Crippen molar-refractivity contribution in [3.63, 3.8) is 0 Å². The Bertz CT molecular complexity index is 1450. The zero-order chi connectivity index (χ0) is 28.9. The summed E-state index contributed by atoms with van der Waals surface area (Å²) in [5.74, 6) is -2.58. The average Bonchev–Trinajstić information content (AvgIpc) is 3.25. The van der Waals surface area contributed by atoms with Gasteiger partial charge in [-0.3, -0.25) is 19.3 Å². The second-order valence-corrected chi connectivity index (χ2v) is 10.1. The molecule has 0 radical (unpaired) electrons. The van der Waals surface area contributed by atoms with E-state index in [1.54, 1.807) is 31.2 Å². The number of imide groups is 1. The SMILES string of the molecule is CCOC(=O)c1ccc(NC(=O)COC(=O)c2ccc(N3C(=O)[C@H]4C[C@@H](c5ccccc5)CC[C@H]4C3=O)cc2)cc1. The lowest BCUT2D eigenvalue weighted by Gasteiger charge is -2.28. The highest BCUT2D eigenvalue weighted by molar-refractivity contribution is 6.22. The highest BCUT2D eigenvalue weighted by Crippen LogP contribution is 2.45. The molecule has 0 spiro atoms. The van der Waals surface area contributed by atoms with Crippen molar-refractivity contribution in [2.75, 3.05) is 23.4 Å². The van der Waals surface area contributed by atoms with Crippen molar-refractivity contribution >= 4 is 41.0 Å². The van der Waals surface area contributed by atoms with Crippen LogP contribution in [0.1, 0.15) is 58.4 Å². The molecule has 1 saturated carbocycles. The summed E-state index contributed by atoms with van der Waals surface area (Å²) in [5, 5.41) is 2.59. The first kappa shape index (κ1) is 27.8. The molecule has 0 aromatic heterocycles. The van der Waals surface area contributed by atoms with E-state index in [1.165, 1.54) is 34.7 Å². The number of nitrogens with one attached hydrogen (secondary N) is 1. The van der Waals surface area contributed by atoms with Crippen LogP contribution < -0.4 is 10.2 Å². The highest BCUT2D eigenvalue weighted by Gasteiger charge is 2.50. The van der Waals surface area contributed by atoms with E-state index in [2.05, 4.69) is 17.4 Å². The summed E-state index contributed by atoms with van der Waals surface area (Å²) >= 11 is 0. The smallest absolute Gasteiger partial charge is 0.338 e. The second-order valence-electron chi connectivity index (χ2n) is 10.1. The van der Waals surface area contributed by atoms with Gasteiger partial charge in [-0.1, -0.05) is 30.3 Å². The minimum Gasteiger partial charge on any atom is -0.462 e.